The van der Waals surface area contributed by atoms with E-state index < -0.39 is 334 Å². The van der Waals surface area contributed by atoms with E-state index >= 15 is 0 Å². The van der Waals surface area contributed by atoms with Gasteiger partial charge in [-0.15, -0.1) is 0 Å². The third-order valence-corrected chi connectivity index (χ3v) is 18.0. The summed E-state index contributed by atoms with van der Waals surface area (Å²) < 4.78 is 0. The lowest BCUT2D eigenvalue weighted by molar-refractivity contribution is -0.141. The summed E-state index contributed by atoms with van der Waals surface area (Å²) in [6.45, 7) is 12.4. The van der Waals surface area contributed by atoms with Crippen molar-refractivity contribution in [2.45, 2.75) is 263 Å². The van der Waals surface area contributed by atoms with E-state index in [1.54, 1.807) is 34.6 Å². The van der Waals surface area contributed by atoms with Gasteiger partial charge >= 0.3 is 23.9 Å². The maximum absolute atomic E-state index is 14.4. The van der Waals surface area contributed by atoms with Crippen molar-refractivity contribution in [3.05, 3.63) is 0 Å². The van der Waals surface area contributed by atoms with Gasteiger partial charge in [-0.2, -0.15) is 0 Å². The van der Waals surface area contributed by atoms with Crippen molar-refractivity contribution in [3.63, 3.8) is 0 Å². The predicted octanol–water partition coefficient (Wildman–Crippen LogP) is -11.1. The van der Waals surface area contributed by atoms with Crippen LogP contribution in [0.2, 0.25) is 0 Å². The number of aliphatic carboxylic acids is 4. The maximum atomic E-state index is 14.4. The van der Waals surface area contributed by atoms with Crippen LogP contribution in [0.4, 0.5) is 0 Å². The summed E-state index contributed by atoms with van der Waals surface area (Å²) in [5.41, 5.74) is 32.9. The van der Waals surface area contributed by atoms with Gasteiger partial charge in [-0.25, -0.2) is 0 Å². The molecular formula is C72H121N23O28. The van der Waals surface area contributed by atoms with E-state index in [2.05, 4.69) is 79.8 Å². The molecule has 0 saturated carbocycles. The van der Waals surface area contributed by atoms with Crippen molar-refractivity contribution in [3.8, 4) is 0 Å². The Morgan fingerprint density at radius 2 is 0.675 bits per heavy atom. The number of amides is 19. The van der Waals surface area contributed by atoms with E-state index in [4.69, 9.17) is 44.9 Å². The number of primary amides is 4. The highest BCUT2D eigenvalue weighted by atomic mass is 16.4. The molecule has 0 unspecified atom stereocenters. The summed E-state index contributed by atoms with van der Waals surface area (Å²) >= 11 is 0. The van der Waals surface area contributed by atoms with Gasteiger partial charge in [0.1, 0.15) is 85.1 Å². The molecule has 0 aliphatic heterocycles. The monoisotopic (exact) mass is 1760 g/mol. The Balaban J connectivity index is 6.88. The maximum Gasteiger partial charge on any atom is 0.322 e. The van der Waals surface area contributed by atoms with Gasteiger partial charge in [-0.3, -0.25) is 116 Å². The molecule has 0 radical (unpaired) electrons. The molecule has 692 valence electrons. The lowest BCUT2D eigenvalue weighted by Crippen LogP contribution is -2.62. The number of rotatable bonds is 61. The first-order chi connectivity index (χ1) is 57.1. The molecule has 19 amide bonds. The topological polar surface area (TPSA) is 866 Å². The van der Waals surface area contributed by atoms with Crippen LogP contribution in [0.1, 0.15) is 172 Å². The molecule has 51 nitrogen and oxygen atoms in total. The van der Waals surface area contributed by atoms with E-state index in [1.807, 2.05) is 5.32 Å². The Morgan fingerprint density at radius 3 is 1.09 bits per heavy atom. The van der Waals surface area contributed by atoms with E-state index in [0.717, 1.165) is 13.8 Å². The summed E-state index contributed by atoms with van der Waals surface area (Å²) in [6, 6.07) is -24.4. The average Bonchev–Trinajstić information content (AvgIpc) is 0.845. The number of carboxylic acids is 4. The van der Waals surface area contributed by atoms with Gasteiger partial charge in [-0.05, 0) is 88.9 Å². The number of hydrogen-bond acceptors (Lipinski definition) is 26. The Kier molecular flexibility index (Phi) is 49.9. The van der Waals surface area contributed by atoms with Gasteiger partial charge in [0.2, 0.25) is 112 Å². The summed E-state index contributed by atoms with van der Waals surface area (Å²) in [6.07, 6.45) is -10.2. The predicted molar refractivity (Wildman–Crippen MR) is 427 cm³/mol. The van der Waals surface area contributed by atoms with Crippen LogP contribution < -0.4 is 119 Å². The summed E-state index contributed by atoms with van der Waals surface area (Å²) in [4.78, 5) is 302. The van der Waals surface area contributed by atoms with Gasteiger partial charge in [0.05, 0.1) is 38.0 Å². The lowest BCUT2D eigenvalue weighted by atomic mass is 9.96. The molecule has 0 aliphatic carbocycles. The zero-order valence-electron chi connectivity index (χ0n) is 70.0. The molecule has 0 aromatic rings. The Morgan fingerprint density at radius 1 is 0.325 bits per heavy atom. The number of carboxylic acid groups (broad SMARTS) is 4. The molecule has 0 aromatic carbocycles. The number of guanidine groups is 1. The second-order valence-electron chi connectivity index (χ2n) is 30.2. The van der Waals surface area contributed by atoms with Crippen LogP contribution in [0, 0.1) is 29.1 Å². The fraction of sp³-hybridized carbons (Fsp3) is 0.667. The molecule has 34 N–H and O–H groups in total. The molecule has 0 aromatic heterocycles. The molecular weight excluding hydrogens is 1630 g/mol. The summed E-state index contributed by atoms with van der Waals surface area (Å²) in [5.74, 6) is -31.1. The zero-order valence-corrected chi connectivity index (χ0v) is 70.0. The van der Waals surface area contributed by atoms with Crippen molar-refractivity contribution >= 4 is 142 Å². The van der Waals surface area contributed by atoms with Crippen molar-refractivity contribution < 1.29 is 136 Å². The molecule has 0 fully saturated rings. The van der Waals surface area contributed by atoms with Crippen molar-refractivity contribution in [2.75, 3.05) is 19.6 Å². The number of carbonyl (C=O) groups excluding carboxylic acids is 19. The number of aliphatic hydroxyl groups excluding tert-OH is 1. The lowest BCUT2D eigenvalue weighted by Gasteiger charge is -2.29. The first kappa shape index (κ1) is 110. The largest absolute Gasteiger partial charge is 0.481 e. The highest BCUT2D eigenvalue weighted by Gasteiger charge is 2.40. The Labute approximate surface area is 706 Å². The van der Waals surface area contributed by atoms with Crippen LogP contribution in [0.15, 0.2) is 0 Å². The third-order valence-electron chi connectivity index (χ3n) is 18.0. The van der Waals surface area contributed by atoms with E-state index in [1.165, 1.54) is 20.8 Å². The van der Waals surface area contributed by atoms with Crippen LogP contribution in [0.25, 0.3) is 0 Å². The Hall–Kier alpha value is -13.0. The number of carbonyl (C=O) groups is 23. The average molecular weight is 1760 g/mol. The highest BCUT2D eigenvalue weighted by molar-refractivity contribution is 6.02. The van der Waals surface area contributed by atoms with Crippen molar-refractivity contribution in [2.24, 2.45) is 58.1 Å². The van der Waals surface area contributed by atoms with E-state index in [-0.39, 0.29) is 44.6 Å². The van der Waals surface area contributed by atoms with Gasteiger partial charge in [0.25, 0.3) is 0 Å². The molecule has 0 bridgehead atoms. The van der Waals surface area contributed by atoms with E-state index in [9.17, 15) is 131 Å². The molecule has 0 heterocycles. The van der Waals surface area contributed by atoms with Crippen LogP contribution in [-0.2, 0) is 110 Å². The zero-order chi connectivity index (χ0) is 94.6. The van der Waals surface area contributed by atoms with Gasteiger partial charge < -0.3 is 145 Å². The second-order valence-corrected chi connectivity index (χ2v) is 30.2. The molecule has 16 atom stereocenters. The summed E-state index contributed by atoms with van der Waals surface area (Å²) in [5, 5.41) is 92.3. The van der Waals surface area contributed by atoms with Crippen LogP contribution in [0.3, 0.4) is 0 Å². The standard InChI is InChI=1S/C72H121N23O28/c1-11-33(8)56(70(122)88-38(16-20-51(102)103)60(112)82-29-54(108)109)95-65(117)40(15-19-47(75)98)87-68(120)44(26-49(77)100)92-69(121)55(32(6)7)94-71(123)57(35(10)96)93-50(101)28-81-61(113)45(27-53(106)107)89-58(110)34(9)83-62(114)37(13-12-22-80-72(78)79)84-66(118)42(24-31(4)5)91-64(116)41(17-21-52(104)105)85-63(115)39(14-18-46(74)97)86-67(119)43(25-48(76)99)90-59(111)36(73)23-30(2)3/h30-45,55-57,96H,11-29,73H2,1-10H3,(H2,74,97)(H2,75,98)(H2,76,99)(H2,77,100)(H,81,113)(H,82,112)(H,83,114)(H,84,118)(H,85,115)(H,86,119)(H,87,120)(H,88,122)(H,89,110)(H,90,111)(H,91,116)(H,92,121)(H,93,101)(H,94,123)(H,95,117)(H,102,103)(H,104,105)(H,106,107)(H,108,109)(H4,78,79,80)/t33-,34-,35+,36-,37-,38-,39-,40-,41-,42-,43-,44-,45-,55-,56-,57-/m0/s1. The third kappa shape index (κ3) is 45.3. The highest BCUT2D eigenvalue weighted by Crippen LogP contribution is 2.15. The molecule has 0 rings (SSSR count). The number of nitrogens with one attached hydrogen (secondary N) is 17. The minimum Gasteiger partial charge on any atom is -0.481 e. The Bertz CT molecular complexity index is 3790. The minimum absolute atomic E-state index is 0.0602. The van der Waals surface area contributed by atoms with Crippen LogP contribution >= 0.6 is 0 Å². The fourth-order valence-corrected chi connectivity index (χ4v) is 11.3. The van der Waals surface area contributed by atoms with Crippen molar-refractivity contribution in [1.29, 1.82) is 5.41 Å². The van der Waals surface area contributed by atoms with Gasteiger partial charge in [0.15, 0.2) is 5.96 Å². The minimum atomic E-state index is -2.06. The first-order valence-corrected chi connectivity index (χ1v) is 39.1. The molecule has 123 heavy (non-hydrogen) atoms. The molecule has 0 aliphatic rings. The number of aliphatic hydroxyl groups is 1. The smallest absolute Gasteiger partial charge is 0.322 e. The van der Waals surface area contributed by atoms with Crippen LogP contribution in [0.5, 0.6) is 0 Å². The number of nitrogens with two attached hydrogens (primary N) is 6. The fourth-order valence-electron chi connectivity index (χ4n) is 11.3. The quantitative estimate of drug-likeness (QED) is 0.0153. The van der Waals surface area contributed by atoms with Crippen LogP contribution in [-0.4, -0.2) is 278 Å². The normalized spacial score (nSPS) is 14.9. The second kappa shape index (κ2) is 55.8. The summed E-state index contributed by atoms with van der Waals surface area (Å²) in [7, 11) is 0. The SMILES string of the molecule is CC[C@H](C)[C@H](NC(=O)[C@H](CCC(N)=O)NC(=O)[C@H](CC(N)=O)NC(=O)[C@@H](NC(=O)[C@@H](NC(=O)CNC(=O)[C@H](CC(=O)O)NC(=O)[C@H](C)NC(=O)[C@H](CCCNC(=N)N)NC(=O)[C@H](CC(C)C)NC(=O)[C@H](CCC(=O)O)NC(=O)[C@H](CCC(N)=O)NC(=O)[C@H](CC(N)=O)NC(=O)[C@@H](N)CC(C)C)[C@@H](C)O)C(C)C)C(=O)N[C@@H](CCC(=O)O)C(=O)NCC(=O)O. The molecule has 0 spiro atoms. The van der Waals surface area contributed by atoms with Gasteiger partial charge in [-0.1, -0.05) is 61.8 Å². The van der Waals surface area contributed by atoms with Crippen molar-refractivity contribution in [1.82, 2.24) is 85.1 Å². The van der Waals surface area contributed by atoms with Gasteiger partial charge in [0, 0.05) is 32.2 Å². The molecule has 0 saturated heterocycles. The van der Waals surface area contributed by atoms with E-state index in [0.29, 0.717) is 0 Å². The first-order valence-electron chi connectivity index (χ1n) is 39.1. The number of hydrogen-bond donors (Lipinski definition) is 28. The molecule has 51 heteroatoms.